The molecule has 1 nitrogen and oxygen atoms in total. The molecule has 1 unspecified atom stereocenters. The smallest absolute Gasteiger partial charge is 0.0453 e. The van der Waals surface area contributed by atoms with Crippen molar-refractivity contribution in [3.05, 3.63) is 57.2 Å². The van der Waals surface area contributed by atoms with Crippen LogP contribution in [0.25, 0.3) is 0 Å². The summed E-state index contributed by atoms with van der Waals surface area (Å²) < 4.78 is 0. The first kappa shape index (κ1) is 13.6. The Morgan fingerprint density at radius 2 is 2.11 bits per heavy atom. The highest BCUT2D eigenvalue weighted by molar-refractivity contribution is 7.07. The van der Waals surface area contributed by atoms with Gasteiger partial charge in [0.25, 0.3) is 0 Å². The van der Waals surface area contributed by atoms with E-state index < -0.39 is 0 Å². The average Bonchev–Trinajstić information content (AvgIpc) is 2.88. The van der Waals surface area contributed by atoms with Gasteiger partial charge in [0.15, 0.2) is 0 Å². The fraction of sp³-hybridized carbons (Fsp3) is 0.333. The van der Waals surface area contributed by atoms with Gasteiger partial charge in [-0.3, -0.25) is 0 Å². The van der Waals surface area contributed by atoms with Crippen molar-refractivity contribution in [2.45, 2.75) is 25.8 Å². The van der Waals surface area contributed by atoms with E-state index in [9.17, 15) is 0 Å². The van der Waals surface area contributed by atoms with Crippen LogP contribution in [-0.4, -0.2) is 6.54 Å². The number of thiophene rings is 1. The van der Waals surface area contributed by atoms with Crippen molar-refractivity contribution >= 4 is 22.9 Å². The fourth-order valence-corrected chi connectivity index (χ4v) is 3.09. The molecule has 0 fully saturated rings. The normalized spacial score (nSPS) is 12.6. The Hall–Kier alpha value is -0.830. The van der Waals surface area contributed by atoms with Crippen molar-refractivity contribution in [2.24, 2.45) is 0 Å². The molecule has 0 spiro atoms. The lowest BCUT2D eigenvalue weighted by Crippen LogP contribution is -2.21. The minimum atomic E-state index is 0.337. The van der Waals surface area contributed by atoms with Crippen molar-refractivity contribution in [1.82, 2.24) is 5.32 Å². The van der Waals surface area contributed by atoms with Gasteiger partial charge in [-0.2, -0.15) is 11.3 Å². The lowest BCUT2D eigenvalue weighted by atomic mass is 10.00. The quantitative estimate of drug-likeness (QED) is 0.809. The maximum absolute atomic E-state index is 6.28. The van der Waals surface area contributed by atoms with Gasteiger partial charge in [0.2, 0.25) is 0 Å². The van der Waals surface area contributed by atoms with E-state index in [1.165, 1.54) is 11.1 Å². The van der Waals surface area contributed by atoms with E-state index in [1.807, 2.05) is 12.1 Å². The van der Waals surface area contributed by atoms with Crippen LogP contribution >= 0.6 is 22.9 Å². The third-order valence-corrected chi connectivity index (χ3v) is 4.11. The molecule has 0 saturated heterocycles. The second kappa shape index (κ2) is 6.93. The minimum Gasteiger partial charge on any atom is -0.310 e. The lowest BCUT2D eigenvalue weighted by Gasteiger charge is -2.19. The molecule has 1 aromatic heterocycles. The van der Waals surface area contributed by atoms with Gasteiger partial charge >= 0.3 is 0 Å². The highest BCUT2D eigenvalue weighted by Crippen LogP contribution is 2.26. The van der Waals surface area contributed by atoms with Gasteiger partial charge in [-0.25, -0.2) is 0 Å². The molecule has 0 saturated carbocycles. The fourth-order valence-electron chi connectivity index (χ4n) is 2.12. The SMILES string of the molecule is CCNC(CCc1ccsc1)c1ccccc1Cl. The standard InChI is InChI=1S/C15H18ClNS/c1-2-17-15(8-7-12-9-10-18-11-12)13-5-3-4-6-14(13)16/h3-6,9-11,15,17H,2,7-8H2,1H3. The Morgan fingerprint density at radius 1 is 1.28 bits per heavy atom. The van der Waals surface area contributed by atoms with Crippen LogP contribution in [0.1, 0.15) is 30.5 Å². The van der Waals surface area contributed by atoms with E-state index in [4.69, 9.17) is 11.6 Å². The van der Waals surface area contributed by atoms with Crippen molar-refractivity contribution in [3.8, 4) is 0 Å². The largest absolute Gasteiger partial charge is 0.310 e. The maximum Gasteiger partial charge on any atom is 0.0453 e. The van der Waals surface area contributed by atoms with Gasteiger partial charge in [-0.15, -0.1) is 0 Å². The van der Waals surface area contributed by atoms with Crippen molar-refractivity contribution in [1.29, 1.82) is 0 Å². The van der Waals surface area contributed by atoms with Crippen molar-refractivity contribution in [2.75, 3.05) is 6.54 Å². The van der Waals surface area contributed by atoms with E-state index in [-0.39, 0.29) is 0 Å². The van der Waals surface area contributed by atoms with Crippen LogP contribution in [0.3, 0.4) is 0 Å². The molecule has 1 aromatic carbocycles. The van der Waals surface area contributed by atoms with E-state index in [0.29, 0.717) is 6.04 Å². The third-order valence-electron chi connectivity index (χ3n) is 3.03. The zero-order valence-corrected chi connectivity index (χ0v) is 12.1. The molecule has 0 aliphatic heterocycles. The molecule has 1 N–H and O–H groups in total. The number of benzene rings is 1. The summed E-state index contributed by atoms with van der Waals surface area (Å²) in [5.74, 6) is 0. The van der Waals surface area contributed by atoms with Gasteiger partial charge in [0, 0.05) is 11.1 Å². The third kappa shape index (κ3) is 3.58. The molecule has 2 rings (SSSR count). The minimum absolute atomic E-state index is 0.337. The second-order valence-corrected chi connectivity index (χ2v) is 5.49. The molecular weight excluding hydrogens is 262 g/mol. The van der Waals surface area contributed by atoms with E-state index >= 15 is 0 Å². The molecular formula is C15H18ClNS. The van der Waals surface area contributed by atoms with Crippen LogP contribution in [0.4, 0.5) is 0 Å². The Morgan fingerprint density at radius 3 is 2.78 bits per heavy atom. The predicted molar refractivity (Wildman–Crippen MR) is 80.5 cm³/mol. The summed E-state index contributed by atoms with van der Waals surface area (Å²) in [7, 11) is 0. The first-order valence-corrected chi connectivity index (χ1v) is 7.62. The molecule has 2 aromatic rings. The van der Waals surface area contributed by atoms with Crippen molar-refractivity contribution < 1.29 is 0 Å². The Kier molecular flexibility index (Phi) is 5.24. The number of halogens is 1. The zero-order chi connectivity index (χ0) is 12.8. The molecule has 3 heteroatoms. The van der Waals surface area contributed by atoms with Crippen LogP contribution in [0.15, 0.2) is 41.1 Å². The Labute approximate surface area is 118 Å². The van der Waals surface area contributed by atoms with Gasteiger partial charge < -0.3 is 5.32 Å². The van der Waals surface area contributed by atoms with Gasteiger partial charge in [0.1, 0.15) is 0 Å². The summed E-state index contributed by atoms with van der Waals surface area (Å²) in [5, 5.41) is 8.73. The summed E-state index contributed by atoms with van der Waals surface area (Å²) in [6, 6.07) is 10.6. The summed E-state index contributed by atoms with van der Waals surface area (Å²) in [6.07, 6.45) is 2.17. The molecule has 1 heterocycles. The number of aryl methyl sites for hydroxylation is 1. The van der Waals surface area contributed by atoms with Crippen LogP contribution < -0.4 is 5.32 Å². The molecule has 0 bridgehead atoms. The first-order chi connectivity index (χ1) is 8.81. The molecule has 1 atom stereocenters. The predicted octanol–water partition coefficient (Wildman–Crippen LogP) is 4.68. The number of hydrogen-bond donors (Lipinski definition) is 1. The highest BCUT2D eigenvalue weighted by Gasteiger charge is 2.13. The van der Waals surface area contributed by atoms with Gasteiger partial charge in [-0.05, 0) is 53.4 Å². The number of hydrogen-bond acceptors (Lipinski definition) is 2. The summed E-state index contributed by atoms with van der Waals surface area (Å²) in [5.41, 5.74) is 2.62. The molecule has 0 amide bonds. The van der Waals surface area contributed by atoms with E-state index in [1.54, 1.807) is 11.3 Å². The topological polar surface area (TPSA) is 12.0 Å². The van der Waals surface area contributed by atoms with Gasteiger partial charge in [0.05, 0.1) is 0 Å². The van der Waals surface area contributed by atoms with Crippen LogP contribution in [0.2, 0.25) is 5.02 Å². The van der Waals surface area contributed by atoms with Crippen LogP contribution in [0, 0.1) is 0 Å². The molecule has 0 radical (unpaired) electrons. The molecule has 0 aliphatic rings. The van der Waals surface area contributed by atoms with Gasteiger partial charge in [-0.1, -0.05) is 36.7 Å². The monoisotopic (exact) mass is 279 g/mol. The van der Waals surface area contributed by atoms with Crippen LogP contribution in [0.5, 0.6) is 0 Å². The first-order valence-electron chi connectivity index (χ1n) is 6.30. The summed E-state index contributed by atoms with van der Waals surface area (Å²) in [6.45, 7) is 3.09. The Balaban J connectivity index is 2.06. The van der Waals surface area contributed by atoms with Crippen molar-refractivity contribution in [3.63, 3.8) is 0 Å². The van der Waals surface area contributed by atoms with Crippen LogP contribution in [-0.2, 0) is 6.42 Å². The Bertz CT molecular complexity index is 467. The number of rotatable bonds is 6. The number of nitrogens with one attached hydrogen (secondary N) is 1. The highest BCUT2D eigenvalue weighted by atomic mass is 35.5. The van der Waals surface area contributed by atoms with E-state index in [0.717, 1.165) is 24.4 Å². The maximum atomic E-state index is 6.28. The average molecular weight is 280 g/mol. The molecule has 0 aliphatic carbocycles. The van der Waals surface area contributed by atoms with E-state index in [2.05, 4.69) is 41.2 Å². The lowest BCUT2D eigenvalue weighted by molar-refractivity contribution is 0.516. The summed E-state index contributed by atoms with van der Waals surface area (Å²) in [4.78, 5) is 0. The summed E-state index contributed by atoms with van der Waals surface area (Å²) >= 11 is 8.03. The molecule has 18 heavy (non-hydrogen) atoms. The second-order valence-electron chi connectivity index (χ2n) is 4.30. The zero-order valence-electron chi connectivity index (χ0n) is 10.5. The molecule has 96 valence electrons.